The van der Waals surface area contributed by atoms with Crippen molar-refractivity contribution in [3.8, 4) is 17.5 Å². The maximum absolute atomic E-state index is 14.0. The molecule has 7 heteroatoms. The molecule has 3 heterocycles. The van der Waals surface area contributed by atoms with E-state index in [-0.39, 0.29) is 11.5 Å². The van der Waals surface area contributed by atoms with Crippen molar-refractivity contribution >= 4 is 22.3 Å². The zero-order valence-electron chi connectivity index (χ0n) is 20.6. The molecule has 182 valence electrons. The molecule has 2 aromatic carbocycles. The predicted octanol–water partition coefficient (Wildman–Crippen LogP) is 4.59. The number of carbonyl (C=O) groups is 1. The van der Waals surface area contributed by atoms with Crippen LogP contribution in [-0.4, -0.2) is 25.1 Å². The molecule has 0 spiro atoms. The van der Waals surface area contributed by atoms with Crippen LogP contribution in [0, 0.1) is 24.7 Å². The number of aryl methyl sites for hydroxylation is 1. The number of pyridine rings is 1. The first-order valence-corrected chi connectivity index (χ1v) is 12.4. The number of amides is 1. The Morgan fingerprint density at radius 3 is 2.70 bits per heavy atom. The zero-order chi connectivity index (χ0) is 25.5. The number of nitrogens with zero attached hydrogens (tertiary/aromatic N) is 4. The van der Waals surface area contributed by atoms with E-state index in [4.69, 9.17) is 0 Å². The number of carbonyl (C=O) groups excluding carboxylic acids is 1. The van der Waals surface area contributed by atoms with Crippen LogP contribution < -0.4 is 10.9 Å². The fraction of sp³-hybridized carbons (Fsp3) is 0.200. The van der Waals surface area contributed by atoms with Crippen LogP contribution in [0.3, 0.4) is 0 Å². The van der Waals surface area contributed by atoms with Gasteiger partial charge in [0.05, 0.1) is 17.1 Å². The van der Waals surface area contributed by atoms with Gasteiger partial charge < -0.3 is 5.32 Å². The lowest BCUT2D eigenvalue weighted by Gasteiger charge is -2.21. The second-order valence-corrected chi connectivity index (χ2v) is 9.40. The van der Waals surface area contributed by atoms with Crippen LogP contribution in [0.1, 0.15) is 53.1 Å². The van der Waals surface area contributed by atoms with E-state index >= 15 is 0 Å². The molecule has 1 saturated carbocycles. The molecule has 5 aromatic rings. The Morgan fingerprint density at radius 1 is 1.11 bits per heavy atom. The van der Waals surface area contributed by atoms with Crippen molar-refractivity contribution in [2.24, 2.45) is 5.92 Å². The molecule has 3 aromatic heterocycles. The summed E-state index contributed by atoms with van der Waals surface area (Å²) in [6, 6.07) is 18.5. The molecule has 37 heavy (non-hydrogen) atoms. The third-order valence-electron chi connectivity index (χ3n) is 6.67. The van der Waals surface area contributed by atoms with E-state index in [0.717, 1.165) is 29.5 Å². The van der Waals surface area contributed by atoms with Gasteiger partial charge in [0, 0.05) is 35.3 Å². The van der Waals surface area contributed by atoms with E-state index < -0.39 is 6.04 Å². The highest BCUT2D eigenvalue weighted by Gasteiger charge is 2.23. The average Bonchev–Trinajstić information content (AvgIpc) is 3.67. The number of rotatable bonds is 4. The van der Waals surface area contributed by atoms with Crippen LogP contribution in [0.15, 0.2) is 77.9 Å². The van der Waals surface area contributed by atoms with Gasteiger partial charge in [-0.2, -0.15) is 5.10 Å². The summed E-state index contributed by atoms with van der Waals surface area (Å²) in [6.45, 7) is 3.66. The summed E-state index contributed by atoms with van der Waals surface area (Å²) >= 11 is 0. The van der Waals surface area contributed by atoms with Gasteiger partial charge in [-0.3, -0.25) is 14.2 Å². The number of aromatic nitrogens is 4. The largest absolute Gasteiger partial charge is 0.344 e. The Hall–Kier alpha value is -4.70. The summed E-state index contributed by atoms with van der Waals surface area (Å²) < 4.78 is 3.27. The fourth-order valence-electron chi connectivity index (χ4n) is 4.66. The Kier molecular flexibility index (Phi) is 5.57. The highest BCUT2D eigenvalue weighted by Crippen LogP contribution is 2.28. The van der Waals surface area contributed by atoms with Crippen LogP contribution in [0.25, 0.3) is 22.1 Å². The van der Waals surface area contributed by atoms with E-state index in [1.807, 2.05) is 61.5 Å². The standard InChI is InChI=1S/C30H25N5O2/c1-19(32-29(36)26-20(2)33-34-17-7-16-31-28(26)34)25-18-23-9-6-8-22(15-14-21-12-13-21)27(23)30(37)35(25)24-10-4-3-5-11-24/h3-11,16-19,21H,12-13H2,1-2H3,(H,32,36)/t19-/m1/s1. The van der Waals surface area contributed by atoms with Crippen molar-refractivity contribution in [2.45, 2.75) is 32.7 Å². The Bertz CT molecular complexity index is 1790. The predicted molar refractivity (Wildman–Crippen MR) is 143 cm³/mol. The summed E-state index contributed by atoms with van der Waals surface area (Å²) in [7, 11) is 0. The Labute approximate surface area is 213 Å². The monoisotopic (exact) mass is 487 g/mol. The minimum absolute atomic E-state index is 0.158. The highest BCUT2D eigenvalue weighted by atomic mass is 16.2. The van der Waals surface area contributed by atoms with Gasteiger partial charge in [-0.1, -0.05) is 42.2 Å². The topological polar surface area (TPSA) is 81.3 Å². The fourth-order valence-corrected chi connectivity index (χ4v) is 4.66. The molecule has 0 aliphatic heterocycles. The molecule has 1 amide bonds. The maximum Gasteiger partial charge on any atom is 0.264 e. The maximum atomic E-state index is 14.0. The molecule has 1 N–H and O–H groups in total. The first-order valence-electron chi connectivity index (χ1n) is 12.4. The van der Waals surface area contributed by atoms with Crippen LogP contribution in [-0.2, 0) is 0 Å². The van der Waals surface area contributed by atoms with Crippen LogP contribution in [0.5, 0.6) is 0 Å². The van der Waals surface area contributed by atoms with Gasteiger partial charge in [0.2, 0.25) is 0 Å². The number of para-hydroxylation sites is 1. The lowest BCUT2D eigenvalue weighted by Crippen LogP contribution is -2.32. The third kappa shape index (κ3) is 4.17. The van der Waals surface area contributed by atoms with Crippen molar-refractivity contribution in [1.29, 1.82) is 0 Å². The van der Waals surface area contributed by atoms with Gasteiger partial charge in [0.25, 0.3) is 11.5 Å². The van der Waals surface area contributed by atoms with Crippen molar-refractivity contribution in [3.05, 3.63) is 106 Å². The van der Waals surface area contributed by atoms with E-state index in [9.17, 15) is 9.59 Å². The van der Waals surface area contributed by atoms with Gasteiger partial charge in [-0.05, 0) is 62.4 Å². The van der Waals surface area contributed by atoms with Crippen molar-refractivity contribution in [1.82, 2.24) is 24.5 Å². The Morgan fingerprint density at radius 2 is 1.92 bits per heavy atom. The number of hydrogen-bond acceptors (Lipinski definition) is 4. The smallest absolute Gasteiger partial charge is 0.264 e. The average molecular weight is 488 g/mol. The lowest BCUT2D eigenvalue weighted by atomic mass is 10.0. The molecule has 0 bridgehead atoms. The van der Waals surface area contributed by atoms with Gasteiger partial charge in [0.15, 0.2) is 5.65 Å². The normalized spacial score (nSPS) is 13.8. The number of nitrogens with one attached hydrogen (secondary N) is 1. The molecule has 1 fully saturated rings. The SMILES string of the molecule is Cc1nn2cccnc2c1C(=O)N[C@H](C)c1cc2cccc(C#CC3CC3)c2c(=O)n1-c1ccccc1. The van der Waals surface area contributed by atoms with Crippen LogP contribution >= 0.6 is 0 Å². The highest BCUT2D eigenvalue weighted by molar-refractivity contribution is 6.01. The second-order valence-electron chi connectivity index (χ2n) is 9.40. The van der Waals surface area contributed by atoms with Gasteiger partial charge in [-0.25, -0.2) is 9.50 Å². The molecule has 7 nitrogen and oxygen atoms in total. The molecule has 0 radical (unpaired) electrons. The van der Waals surface area contributed by atoms with E-state index in [0.29, 0.717) is 33.9 Å². The quantitative estimate of drug-likeness (QED) is 0.376. The summed E-state index contributed by atoms with van der Waals surface area (Å²) in [5, 5.41) is 8.86. The summed E-state index contributed by atoms with van der Waals surface area (Å²) in [6.07, 6.45) is 5.64. The molecule has 0 saturated heterocycles. The minimum Gasteiger partial charge on any atom is -0.344 e. The number of fused-ring (bicyclic) bond motifs is 2. The third-order valence-corrected chi connectivity index (χ3v) is 6.67. The molecule has 6 rings (SSSR count). The number of benzene rings is 2. The zero-order valence-corrected chi connectivity index (χ0v) is 20.6. The molecule has 1 aliphatic rings. The molecule has 0 unspecified atom stereocenters. The number of hydrogen-bond donors (Lipinski definition) is 1. The summed E-state index contributed by atoms with van der Waals surface area (Å²) in [4.78, 5) is 31.8. The van der Waals surface area contributed by atoms with Crippen molar-refractivity contribution in [3.63, 3.8) is 0 Å². The van der Waals surface area contributed by atoms with E-state index in [1.165, 1.54) is 0 Å². The molecule has 1 atom stereocenters. The van der Waals surface area contributed by atoms with Crippen molar-refractivity contribution in [2.75, 3.05) is 0 Å². The summed E-state index contributed by atoms with van der Waals surface area (Å²) in [5.74, 6) is 6.66. The van der Waals surface area contributed by atoms with Gasteiger partial charge in [-0.15, -0.1) is 0 Å². The molecular weight excluding hydrogens is 462 g/mol. The molecular formula is C30H25N5O2. The van der Waals surface area contributed by atoms with Gasteiger partial charge in [0.1, 0.15) is 5.56 Å². The Balaban J connectivity index is 1.48. The lowest BCUT2D eigenvalue weighted by molar-refractivity contribution is 0.0939. The van der Waals surface area contributed by atoms with Gasteiger partial charge >= 0.3 is 0 Å². The first-order chi connectivity index (χ1) is 18.0. The van der Waals surface area contributed by atoms with Crippen LogP contribution in [0.2, 0.25) is 0 Å². The van der Waals surface area contributed by atoms with Crippen molar-refractivity contribution < 1.29 is 4.79 Å². The van der Waals surface area contributed by atoms with E-state index in [1.54, 1.807) is 34.5 Å². The molecule has 1 aliphatic carbocycles. The minimum atomic E-state index is -0.482. The van der Waals surface area contributed by atoms with E-state index in [2.05, 4.69) is 27.2 Å². The second kappa shape index (κ2) is 9.07. The first kappa shape index (κ1) is 22.7. The van der Waals surface area contributed by atoms with Crippen LogP contribution in [0.4, 0.5) is 0 Å². The summed E-state index contributed by atoms with van der Waals surface area (Å²) in [5.41, 5.74) is 3.46.